The number of anilines is 2. The minimum atomic E-state index is 0.0144. The van der Waals surface area contributed by atoms with Crippen LogP contribution in [-0.2, 0) is 0 Å². The van der Waals surface area contributed by atoms with Crippen molar-refractivity contribution in [1.29, 1.82) is 0 Å². The van der Waals surface area contributed by atoms with Crippen LogP contribution in [0.4, 0.5) is 11.9 Å². The summed E-state index contributed by atoms with van der Waals surface area (Å²) in [7, 11) is 4.20. The number of nitrogen functional groups attached to an aromatic ring is 1. The molecule has 1 aromatic heterocycles. The number of nitrogens with two attached hydrogens (primary N) is 1. The third-order valence-electron chi connectivity index (χ3n) is 3.37. The van der Waals surface area contributed by atoms with E-state index in [2.05, 4.69) is 38.8 Å². The van der Waals surface area contributed by atoms with E-state index in [1.165, 1.54) is 6.42 Å². The summed E-state index contributed by atoms with van der Waals surface area (Å²) in [5, 5.41) is 0. The molecule has 1 atom stereocenters. The highest BCUT2D eigenvalue weighted by Crippen LogP contribution is 2.20. The van der Waals surface area contributed by atoms with E-state index >= 15 is 0 Å². The van der Waals surface area contributed by atoms with Crippen molar-refractivity contribution in [3.63, 3.8) is 0 Å². The number of ether oxygens (including phenoxy) is 1. The first-order chi connectivity index (χ1) is 9.45. The Morgan fingerprint density at radius 3 is 2.70 bits per heavy atom. The molecule has 0 aromatic carbocycles. The molecule has 7 nitrogen and oxygen atoms in total. The molecule has 1 unspecified atom stereocenters. The SMILES string of the molecule is CC(C)Oc1nc(N)nc(N2CCCC(N(C)C)C2)n1. The fraction of sp³-hybridized carbons (Fsp3) is 0.769. The first-order valence-electron chi connectivity index (χ1n) is 7.05. The first kappa shape index (κ1) is 14.8. The van der Waals surface area contributed by atoms with Crippen molar-refractivity contribution in [3.05, 3.63) is 0 Å². The molecule has 2 rings (SSSR count). The van der Waals surface area contributed by atoms with Gasteiger partial charge in [0.15, 0.2) is 0 Å². The molecule has 20 heavy (non-hydrogen) atoms. The largest absolute Gasteiger partial charge is 0.461 e. The summed E-state index contributed by atoms with van der Waals surface area (Å²) < 4.78 is 5.52. The third-order valence-corrected chi connectivity index (χ3v) is 3.37. The van der Waals surface area contributed by atoms with E-state index in [9.17, 15) is 0 Å². The van der Waals surface area contributed by atoms with Gasteiger partial charge in [-0.15, -0.1) is 0 Å². The summed E-state index contributed by atoms with van der Waals surface area (Å²) >= 11 is 0. The van der Waals surface area contributed by atoms with Crippen LogP contribution in [0.2, 0.25) is 0 Å². The van der Waals surface area contributed by atoms with Crippen LogP contribution in [0.1, 0.15) is 26.7 Å². The van der Waals surface area contributed by atoms with Gasteiger partial charge < -0.3 is 20.3 Å². The predicted octanol–water partition coefficient (Wildman–Crippen LogP) is 0.771. The summed E-state index contributed by atoms with van der Waals surface area (Å²) in [6, 6.07) is 0.811. The molecule has 0 saturated carbocycles. The Morgan fingerprint density at radius 1 is 1.30 bits per heavy atom. The highest BCUT2D eigenvalue weighted by molar-refractivity contribution is 5.36. The lowest BCUT2D eigenvalue weighted by Gasteiger charge is -2.36. The lowest BCUT2D eigenvalue weighted by atomic mass is 10.1. The zero-order chi connectivity index (χ0) is 14.7. The number of likely N-dealkylation sites (N-methyl/N-ethyl adjacent to an activating group) is 1. The van der Waals surface area contributed by atoms with E-state index < -0.39 is 0 Å². The van der Waals surface area contributed by atoms with E-state index in [1.807, 2.05) is 13.8 Å². The van der Waals surface area contributed by atoms with Gasteiger partial charge in [-0.3, -0.25) is 0 Å². The average Bonchev–Trinajstić information content (AvgIpc) is 2.37. The van der Waals surface area contributed by atoms with Crippen LogP contribution >= 0.6 is 0 Å². The summed E-state index contributed by atoms with van der Waals surface area (Å²) in [6.45, 7) is 5.71. The molecule has 1 saturated heterocycles. The van der Waals surface area contributed by atoms with E-state index in [4.69, 9.17) is 10.5 Å². The number of hydrogen-bond acceptors (Lipinski definition) is 7. The minimum absolute atomic E-state index is 0.0144. The van der Waals surface area contributed by atoms with Gasteiger partial charge in [0.05, 0.1) is 6.10 Å². The summed E-state index contributed by atoms with van der Waals surface area (Å²) in [5.74, 6) is 0.817. The van der Waals surface area contributed by atoms with Crippen LogP contribution in [-0.4, -0.2) is 59.2 Å². The molecular weight excluding hydrogens is 256 g/mol. The number of hydrogen-bond donors (Lipinski definition) is 1. The predicted molar refractivity (Wildman–Crippen MR) is 78.9 cm³/mol. The van der Waals surface area contributed by atoms with Crippen molar-refractivity contribution in [1.82, 2.24) is 19.9 Å². The Balaban J connectivity index is 2.16. The zero-order valence-electron chi connectivity index (χ0n) is 12.7. The standard InChI is InChI=1S/C13H24N6O/c1-9(2)20-13-16-11(14)15-12(17-13)19-7-5-6-10(8-19)18(3)4/h9-10H,5-8H2,1-4H3,(H2,14,15,16,17). The molecule has 1 fully saturated rings. The Labute approximate surface area is 120 Å². The van der Waals surface area contributed by atoms with Gasteiger partial charge in [-0.1, -0.05) is 0 Å². The van der Waals surface area contributed by atoms with Gasteiger partial charge >= 0.3 is 6.01 Å². The van der Waals surface area contributed by atoms with Crippen LogP contribution in [0.25, 0.3) is 0 Å². The van der Waals surface area contributed by atoms with Crippen LogP contribution < -0.4 is 15.4 Å². The second-order valence-corrected chi connectivity index (χ2v) is 5.65. The monoisotopic (exact) mass is 280 g/mol. The number of aromatic nitrogens is 3. The Morgan fingerprint density at radius 2 is 2.05 bits per heavy atom. The summed E-state index contributed by atoms with van der Waals surface area (Å²) in [4.78, 5) is 17.0. The Bertz CT molecular complexity index is 450. The second-order valence-electron chi connectivity index (χ2n) is 5.65. The Hall–Kier alpha value is -1.63. The molecule has 0 amide bonds. The second kappa shape index (κ2) is 6.21. The lowest BCUT2D eigenvalue weighted by Crippen LogP contribution is -2.45. The molecule has 2 heterocycles. The van der Waals surface area contributed by atoms with Crippen molar-refractivity contribution in [2.45, 2.75) is 38.8 Å². The highest BCUT2D eigenvalue weighted by Gasteiger charge is 2.24. The van der Waals surface area contributed by atoms with Crippen LogP contribution in [0, 0.1) is 0 Å². The summed E-state index contributed by atoms with van der Waals surface area (Å²) in [5.41, 5.74) is 5.76. The van der Waals surface area contributed by atoms with Crippen LogP contribution in [0.5, 0.6) is 6.01 Å². The maximum absolute atomic E-state index is 5.76. The fourth-order valence-electron chi connectivity index (χ4n) is 2.32. The molecule has 1 aliphatic heterocycles. The number of nitrogens with zero attached hydrogens (tertiary/aromatic N) is 5. The topological polar surface area (TPSA) is 80.4 Å². The van der Waals surface area contributed by atoms with Crippen LogP contribution in [0.15, 0.2) is 0 Å². The maximum Gasteiger partial charge on any atom is 0.323 e. The molecule has 0 aliphatic carbocycles. The molecule has 1 aromatic rings. The zero-order valence-corrected chi connectivity index (χ0v) is 12.7. The quantitative estimate of drug-likeness (QED) is 0.872. The molecule has 2 N–H and O–H groups in total. The van der Waals surface area contributed by atoms with E-state index in [1.54, 1.807) is 0 Å². The number of rotatable bonds is 4. The molecular formula is C13H24N6O. The first-order valence-corrected chi connectivity index (χ1v) is 7.05. The van der Waals surface area contributed by atoms with Gasteiger partial charge in [0.2, 0.25) is 11.9 Å². The van der Waals surface area contributed by atoms with E-state index in [0.29, 0.717) is 18.0 Å². The molecule has 0 spiro atoms. The van der Waals surface area contributed by atoms with Crippen molar-refractivity contribution in [2.75, 3.05) is 37.8 Å². The average molecular weight is 280 g/mol. The third kappa shape index (κ3) is 3.69. The van der Waals surface area contributed by atoms with E-state index in [-0.39, 0.29) is 12.1 Å². The van der Waals surface area contributed by atoms with Gasteiger partial charge in [-0.25, -0.2) is 0 Å². The molecule has 112 valence electrons. The molecule has 7 heteroatoms. The van der Waals surface area contributed by atoms with E-state index in [0.717, 1.165) is 19.5 Å². The van der Waals surface area contributed by atoms with Gasteiger partial charge in [-0.05, 0) is 40.8 Å². The van der Waals surface area contributed by atoms with Gasteiger partial charge in [0, 0.05) is 19.1 Å². The van der Waals surface area contributed by atoms with Crippen molar-refractivity contribution < 1.29 is 4.74 Å². The minimum Gasteiger partial charge on any atom is -0.461 e. The van der Waals surface area contributed by atoms with Crippen molar-refractivity contribution in [3.8, 4) is 6.01 Å². The van der Waals surface area contributed by atoms with Crippen molar-refractivity contribution in [2.24, 2.45) is 0 Å². The maximum atomic E-state index is 5.76. The van der Waals surface area contributed by atoms with Gasteiger partial charge in [-0.2, -0.15) is 15.0 Å². The normalized spacial score (nSPS) is 19.7. The van der Waals surface area contributed by atoms with Crippen molar-refractivity contribution >= 4 is 11.9 Å². The molecule has 0 radical (unpaired) electrons. The van der Waals surface area contributed by atoms with Gasteiger partial charge in [0.1, 0.15) is 0 Å². The van der Waals surface area contributed by atoms with Crippen LogP contribution in [0.3, 0.4) is 0 Å². The highest BCUT2D eigenvalue weighted by atomic mass is 16.5. The summed E-state index contributed by atoms with van der Waals surface area (Å²) in [6.07, 6.45) is 2.33. The fourth-order valence-corrected chi connectivity index (χ4v) is 2.32. The Kier molecular flexibility index (Phi) is 4.59. The molecule has 1 aliphatic rings. The lowest BCUT2D eigenvalue weighted by molar-refractivity contribution is 0.221. The number of piperidine rings is 1. The molecule has 0 bridgehead atoms. The van der Waals surface area contributed by atoms with Gasteiger partial charge in [0.25, 0.3) is 0 Å². The smallest absolute Gasteiger partial charge is 0.323 e.